The van der Waals surface area contributed by atoms with Crippen LogP contribution in [-0.2, 0) is 0 Å². The number of hydrogen-bond donors (Lipinski definition) is 3. The zero-order valence-corrected chi connectivity index (χ0v) is 11.3. The molecular formula is C12H13N5OS. The molecular weight excluding hydrogens is 262 g/mol. The Labute approximate surface area is 115 Å². The van der Waals surface area contributed by atoms with Crippen LogP contribution in [0.1, 0.15) is 15.9 Å². The van der Waals surface area contributed by atoms with Crippen molar-refractivity contribution in [3.8, 4) is 6.19 Å². The van der Waals surface area contributed by atoms with Crippen molar-refractivity contribution in [3.63, 3.8) is 0 Å². The summed E-state index contributed by atoms with van der Waals surface area (Å²) in [6, 6.07) is 4.88. The minimum Gasteiger partial charge on any atom is -0.355 e. The van der Waals surface area contributed by atoms with Gasteiger partial charge in [0.1, 0.15) is 0 Å². The Morgan fingerprint density at radius 1 is 1.58 bits per heavy atom. The van der Waals surface area contributed by atoms with Gasteiger partial charge in [0.15, 0.2) is 11.4 Å². The lowest BCUT2D eigenvalue weighted by atomic mass is 10.1. The number of rotatable bonds is 3. The number of carbonyl (C=O) groups excluding carboxylic acids is 1. The van der Waals surface area contributed by atoms with Crippen LogP contribution in [0, 0.1) is 16.9 Å². The Hall–Kier alpha value is -2.33. The summed E-state index contributed by atoms with van der Waals surface area (Å²) in [7, 11) is 1.53. The summed E-state index contributed by atoms with van der Waals surface area (Å²) in [6.07, 6.45) is 4.68. The summed E-state index contributed by atoms with van der Waals surface area (Å²) in [5, 5.41) is 21.3. The molecule has 0 aromatic heterocycles. The second kappa shape index (κ2) is 7.18. The van der Waals surface area contributed by atoms with Gasteiger partial charge in [-0.1, -0.05) is 11.8 Å². The fourth-order valence-corrected chi connectivity index (χ4v) is 1.71. The highest BCUT2D eigenvalue weighted by atomic mass is 32.2. The molecule has 0 heterocycles. The van der Waals surface area contributed by atoms with E-state index in [-0.39, 0.29) is 5.91 Å². The lowest BCUT2D eigenvalue weighted by Crippen LogP contribution is -2.19. The maximum atomic E-state index is 11.6. The zero-order valence-electron chi connectivity index (χ0n) is 10.5. The van der Waals surface area contributed by atoms with E-state index in [0.717, 1.165) is 6.21 Å². The lowest BCUT2D eigenvalue weighted by molar-refractivity contribution is 0.0963. The molecule has 0 fully saturated rings. The average Bonchev–Trinajstić information content (AvgIpc) is 2.45. The standard InChI is InChI=1S/C12H13N5OS/c1-15-11(18)10-4-3-9(5-8(10)6-13)17-12(19-2)16-7-14/h3-6,13H,1-2H3,(H,15,18)(H,16,17). The number of nitrogens with zero attached hydrogens (tertiary/aromatic N) is 2. The van der Waals surface area contributed by atoms with Crippen LogP contribution in [0.4, 0.5) is 5.69 Å². The van der Waals surface area contributed by atoms with E-state index in [2.05, 4.69) is 15.6 Å². The molecule has 0 unspecified atom stereocenters. The smallest absolute Gasteiger partial charge is 0.251 e. The van der Waals surface area contributed by atoms with E-state index >= 15 is 0 Å². The Kier molecular flexibility index (Phi) is 5.57. The first-order valence-corrected chi connectivity index (χ1v) is 6.53. The zero-order chi connectivity index (χ0) is 14.3. The first-order chi connectivity index (χ1) is 9.15. The van der Waals surface area contributed by atoms with Gasteiger partial charge in [0.05, 0.1) is 5.69 Å². The summed E-state index contributed by atoms with van der Waals surface area (Å²) in [6.45, 7) is 0. The van der Waals surface area contributed by atoms with Crippen molar-refractivity contribution < 1.29 is 4.79 Å². The van der Waals surface area contributed by atoms with E-state index in [1.165, 1.54) is 18.8 Å². The average molecular weight is 275 g/mol. The third-order valence-corrected chi connectivity index (χ3v) is 2.83. The maximum Gasteiger partial charge on any atom is 0.251 e. The lowest BCUT2D eigenvalue weighted by Gasteiger charge is -2.06. The summed E-state index contributed by atoms with van der Waals surface area (Å²) >= 11 is 1.30. The quantitative estimate of drug-likeness (QED) is 0.336. The molecule has 1 aromatic rings. The number of nitrogens with one attached hydrogen (secondary N) is 3. The highest BCUT2D eigenvalue weighted by Crippen LogP contribution is 2.18. The monoisotopic (exact) mass is 275 g/mol. The number of carbonyl (C=O) groups is 1. The van der Waals surface area contributed by atoms with E-state index in [0.29, 0.717) is 22.0 Å². The van der Waals surface area contributed by atoms with E-state index in [9.17, 15) is 4.79 Å². The van der Waals surface area contributed by atoms with Crippen LogP contribution in [0.25, 0.3) is 0 Å². The van der Waals surface area contributed by atoms with Crippen LogP contribution in [0.2, 0.25) is 0 Å². The van der Waals surface area contributed by atoms with Crippen LogP contribution in [-0.4, -0.2) is 30.6 Å². The predicted octanol–water partition coefficient (Wildman–Crippen LogP) is 1.47. The number of aliphatic imine (C=N–C) groups is 1. The Morgan fingerprint density at radius 3 is 2.84 bits per heavy atom. The Bertz CT molecular complexity index is 562. The fourth-order valence-electron chi connectivity index (χ4n) is 1.37. The molecule has 6 nitrogen and oxygen atoms in total. The normalized spacial score (nSPS) is 10.5. The number of nitriles is 1. The van der Waals surface area contributed by atoms with Crippen molar-refractivity contribution >= 4 is 34.7 Å². The third-order valence-electron chi connectivity index (χ3n) is 2.25. The van der Waals surface area contributed by atoms with Crippen LogP contribution >= 0.6 is 11.8 Å². The van der Waals surface area contributed by atoms with E-state index < -0.39 is 0 Å². The number of amidine groups is 1. The van der Waals surface area contributed by atoms with Gasteiger partial charge in [-0.05, 0) is 24.5 Å². The van der Waals surface area contributed by atoms with Crippen molar-refractivity contribution in [3.05, 3.63) is 29.3 Å². The predicted molar refractivity (Wildman–Crippen MR) is 77.1 cm³/mol. The third kappa shape index (κ3) is 3.82. The number of amides is 1. The minimum absolute atomic E-state index is 0.255. The van der Waals surface area contributed by atoms with Gasteiger partial charge >= 0.3 is 0 Å². The molecule has 98 valence electrons. The van der Waals surface area contributed by atoms with Crippen LogP contribution in [0.3, 0.4) is 0 Å². The van der Waals surface area contributed by atoms with Crippen molar-refractivity contribution in [2.24, 2.45) is 4.99 Å². The molecule has 0 aliphatic rings. The first kappa shape index (κ1) is 14.7. The highest BCUT2D eigenvalue weighted by molar-refractivity contribution is 8.13. The molecule has 0 bridgehead atoms. The van der Waals surface area contributed by atoms with Crippen molar-refractivity contribution in [2.75, 3.05) is 13.3 Å². The number of hydrogen-bond acceptors (Lipinski definition) is 5. The molecule has 0 saturated heterocycles. The Morgan fingerprint density at radius 2 is 2.32 bits per heavy atom. The van der Waals surface area contributed by atoms with Crippen LogP contribution in [0.15, 0.2) is 23.2 Å². The van der Waals surface area contributed by atoms with Gasteiger partial charge in [0.25, 0.3) is 5.91 Å². The molecule has 0 aliphatic carbocycles. The van der Waals surface area contributed by atoms with E-state index in [4.69, 9.17) is 10.7 Å². The van der Waals surface area contributed by atoms with Gasteiger partial charge in [-0.15, -0.1) is 0 Å². The maximum absolute atomic E-state index is 11.6. The second-order valence-electron chi connectivity index (χ2n) is 3.35. The number of benzene rings is 1. The van der Waals surface area contributed by atoms with Crippen molar-refractivity contribution in [2.45, 2.75) is 0 Å². The minimum atomic E-state index is -0.255. The van der Waals surface area contributed by atoms with Gasteiger partial charge < -0.3 is 10.7 Å². The van der Waals surface area contributed by atoms with Crippen LogP contribution < -0.4 is 10.6 Å². The molecule has 19 heavy (non-hydrogen) atoms. The van der Waals surface area contributed by atoms with Gasteiger partial charge in [-0.2, -0.15) is 5.26 Å². The largest absolute Gasteiger partial charge is 0.355 e. The summed E-state index contributed by atoms with van der Waals surface area (Å²) in [5.74, 6) is -0.255. The topological polar surface area (TPSA) is 101 Å². The molecule has 0 atom stereocenters. The van der Waals surface area contributed by atoms with Crippen LogP contribution in [0.5, 0.6) is 0 Å². The molecule has 3 N–H and O–H groups in total. The summed E-state index contributed by atoms with van der Waals surface area (Å²) < 4.78 is 0. The summed E-state index contributed by atoms with van der Waals surface area (Å²) in [5.41, 5.74) is 1.45. The Balaban J connectivity index is 3.17. The molecule has 1 rings (SSSR count). The van der Waals surface area contributed by atoms with Crippen molar-refractivity contribution in [1.82, 2.24) is 10.6 Å². The van der Waals surface area contributed by atoms with E-state index in [1.807, 2.05) is 0 Å². The first-order valence-electron chi connectivity index (χ1n) is 5.30. The molecule has 7 heteroatoms. The number of thioether (sulfide) groups is 1. The molecule has 1 amide bonds. The van der Waals surface area contributed by atoms with E-state index in [1.54, 1.807) is 30.6 Å². The molecule has 1 aromatic carbocycles. The molecule has 0 aliphatic heterocycles. The van der Waals surface area contributed by atoms with Gasteiger partial charge in [-0.3, -0.25) is 10.1 Å². The van der Waals surface area contributed by atoms with Crippen molar-refractivity contribution in [1.29, 1.82) is 10.7 Å². The molecule has 0 saturated carbocycles. The van der Waals surface area contributed by atoms with Gasteiger partial charge in [0, 0.05) is 24.4 Å². The summed E-state index contributed by atoms with van der Waals surface area (Å²) in [4.78, 5) is 15.8. The van der Waals surface area contributed by atoms with Gasteiger partial charge in [0.2, 0.25) is 0 Å². The highest BCUT2D eigenvalue weighted by Gasteiger charge is 2.09. The molecule has 0 radical (unpaired) electrons. The second-order valence-corrected chi connectivity index (χ2v) is 4.15. The SMILES string of the molecule is CNC(=O)c1ccc(N=C(NC#N)SC)cc1C=N. The fraction of sp³-hybridized carbons (Fsp3) is 0.167. The molecule has 0 spiro atoms. The van der Waals surface area contributed by atoms with Gasteiger partial charge in [-0.25, -0.2) is 4.99 Å².